The summed E-state index contributed by atoms with van der Waals surface area (Å²) in [5, 5.41) is 9.58. The normalized spacial score (nSPS) is 21.2. The van der Waals surface area contributed by atoms with Gasteiger partial charge in [-0.15, -0.1) is 0 Å². The number of nitrogen functional groups attached to an aromatic ring is 1. The molecule has 0 aliphatic carbocycles. The number of carboxylic acids is 1. The van der Waals surface area contributed by atoms with E-state index in [9.17, 15) is 14.7 Å². The Kier molecular flexibility index (Phi) is 4.69. The third-order valence-corrected chi connectivity index (χ3v) is 3.75. The van der Waals surface area contributed by atoms with Crippen LogP contribution in [0.4, 0.5) is 5.69 Å². The fourth-order valence-electron chi connectivity index (χ4n) is 2.52. The molecule has 2 atom stereocenters. The molecule has 21 heavy (non-hydrogen) atoms. The van der Waals surface area contributed by atoms with Gasteiger partial charge in [-0.1, -0.05) is 11.6 Å². The number of carboxylic acid groups (broad SMARTS) is 1. The number of nitrogens with zero attached hydrogens (tertiary/aromatic N) is 1. The minimum atomic E-state index is -0.964. The summed E-state index contributed by atoms with van der Waals surface area (Å²) in [6.45, 7) is 2.50. The molecule has 2 rings (SSSR count). The van der Waals surface area contributed by atoms with Gasteiger partial charge in [0.25, 0.3) is 5.91 Å². The highest BCUT2D eigenvalue weighted by molar-refractivity contribution is 6.31. The summed E-state index contributed by atoms with van der Waals surface area (Å²) in [6.07, 6.45) is 0. The van der Waals surface area contributed by atoms with E-state index in [4.69, 9.17) is 22.1 Å². The summed E-state index contributed by atoms with van der Waals surface area (Å²) in [5.41, 5.74) is 6.43. The van der Waals surface area contributed by atoms with Crippen molar-refractivity contribution in [1.29, 1.82) is 0 Å². The van der Waals surface area contributed by atoms with Crippen molar-refractivity contribution < 1.29 is 19.4 Å². The molecule has 1 saturated heterocycles. The smallest absolute Gasteiger partial charge is 0.311 e. The molecule has 3 N–H and O–H groups in total. The van der Waals surface area contributed by atoms with E-state index in [2.05, 4.69) is 0 Å². The topological polar surface area (TPSA) is 92.9 Å². The van der Waals surface area contributed by atoms with Crippen LogP contribution in [0.25, 0.3) is 0 Å². The monoisotopic (exact) mass is 312 g/mol. The average Bonchev–Trinajstić information content (AvgIpc) is 2.87. The van der Waals surface area contributed by atoms with Crippen LogP contribution in [0.5, 0.6) is 0 Å². The number of rotatable bonds is 4. The third kappa shape index (κ3) is 3.28. The number of amides is 1. The van der Waals surface area contributed by atoms with E-state index < -0.39 is 17.9 Å². The van der Waals surface area contributed by atoms with Crippen molar-refractivity contribution in [2.75, 3.05) is 25.5 Å². The second-order valence-electron chi connectivity index (χ2n) is 4.91. The van der Waals surface area contributed by atoms with Gasteiger partial charge in [0.15, 0.2) is 0 Å². The Hall–Kier alpha value is -1.79. The molecular formula is C14H17ClN2O4. The number of benzene rings is 1. The Morgan fingerprint density at radius 2 is 2.14 bits per heavy atom. The maximum absolute atomic E-state index is 12.6. The van der Waals surface area contributed by atoms with Crippen molar-refractivity contribution in [2.45, 2.75) is 13.0 Å². The van der Waals surface area contributed by atoms with Gasteiger partial charge in [-0.2, -0.15) is 0 Å². The van der Waals surface area contributed by atoms with E-state index in [1.54, 1.807) is 13.0 Å². The van der Waals surface area contributed by atoms with Gasteiger partial charge in [-0.3, -0.25) is 9.59 Å². The second-order valence-corrected chi connectivity index (χ2v) is 5.35. The van der Waals surface area contributed by atoms with Crippen molar-refractivity contribution in [2.24, 2.45) is 5.92 Å². The van der Waals surface area contributed by atoms with E-state index in [0.29, 0.717) is 22.8 Å². The number of aliphatic carboxylic acids is 1. The Bertz CT molecular complexity index is 544. The summed E-state index contributed by atoms with van der Waals surface area (Å²) in [4.78, 5) is 25.3. The van der Waals surface area contributed by atoms with E-state index in [-0.39, 0.29) is 19.1 Å². The van der Waals surface area contributed by atoms with E-state index in [1.807, 2.05) is 0 Å². The van der Waals surface area contributed by atoms with Crippen LogP contribution in [0.1, 0.15) is 17.3 Å². The Morgan fingerprint density at radius 3 is 2.71 bits per heavy atom. The molecule has 6 nitrogen and oxygen atoms in total. The first-order valence-corrected chi connectivity index (χ1v) is 6.99. The molecule has 1 heterocycles. The Labute approximate surface area is 127 Å². The number of carbonyl (C=O) groups excluding carboxylic acids is 1. The van der Waals surface area contributed by atoms with Crippen molar-refractivity contribution in [1.82, 2.24) is 4.90 Å². The van der Waals surface area contributed by atoms with Gasteiger partial charge in [-0.25, -0.2) is 0 Å². The summed E-state index contributed by atoms with van der Waals surface area (Å²) < 4.78 is 5.22. The number of hydrogen-bond donors (Lipinski definition) is 2. The zero-order valence-electron chi connectivity index (χ0n) is 11.6. The van der Waals surface area contributed by atoms with Gasteiger partial charge in [0.05, 0.1) is 19.3 Å². The third-order valence-electron chi connectivity index (χ3n) is 3.54. The number of anilines is 1. The molecule has 7 heteroatoms. The highest BCUT2D eigenvalue weighted by Crippen LogP contribution is 2.24. The summed E-state index contributed by atoms with van der Waals surface area (Å²) in [5.74, 6) is -1.98. The maximum Gasteiger partial charge on any atom is 0.311 e. The summed E-state index contributed by atoms with van der Waals surface area (Å²) in [7, 11) is 0. The van der Waals surface area contributed by atoms with Crippen molar-refractivity contribution >= 4 is 29.2 Å². The van der Waals surface area contributed by atoms with E-state index >= 15 is 0 Å². The number of nitrogens with two attached hydrogens (primary N) is 1. The van der Waals surface area contributed by atoms with Gasteiger partial charge in [-0.05, 0) is 25.1 Å². The van der Waals surface area contributed by atoms with Crippen LogP contribution in [0.3, 0.4) is 0 Å². The highest BCUT2D eigenvalue weighted by Gasteiger charge is 2.39. The molecule has 1 fully saturated rings. The van der Waals surface area contributed by atoms with Crippen molar-refractivity contribution in [3.63, 3.8) is 0 Å². The van der Waals surface area contributed by atoms with E-state index in [1.165, 1.54) is 17.0 Å². The van der Waals surface area contributed by atoms with Crippen LogP contribution in [0, 0.1) is 5.92 Å². The molecule has 0 radical (unpaired) electrons. The van der Waals surface area contributed by atoms with Gasteiger partial charge >= 0.3 is 5.97 Å². The molecule has 0 aromatic heterocycles. The minimum Gasteiger partial charge on any atom is -0.481 e. The first-order valence-electron chi connectivity index (χ1n) is 6.61. The Morgan fingerprint density at radius 1 is 1.43 bits per heavy atom. The number of halogens is 1. The molecule has 0 saturated carbocycles. The van der Waals surface area contributed by atoms with Crippen LogP contribution >= 0.6 is 11.6 Å². The largest absolute Gasteiger partial charge is 0.481 e. The molecule has 1 aromatic carbocycles. The van der Waals surface area contributed by atoms with Gasteiger partial charge < -0.3 is 20.5 Å². The van der Waals surface area contributed by atoms with Crippen LogP contribution in [-0.2, 0) is 9.53 Å². The molecule has 2 unspecified atom stereocenters. The number of hydrogen-bond acceptors (Lipinski definition) is 4. The minimum absolute atomic E-state index is 0.113. The molecule has 114 valence electrons. The highest BCUT2D eigenvalue weighted by atomic mass is 35.5. The fourth-order valence-corrected chi connectivity index (χ4v) is 2.76. The lowest BCUT2D eigenvalue weighted by atomic mass is 10.0. The first-order chi connectivity index (χ1) is 9.93. The first kappa shape index (κ1) is 15.6. The lowest BCUT2D eigenvalue weighted by Crippen LogP contribution is -2.46. The molecule has 0 bridgehead atoms. The number of ether oxygens (including phenoxy) is 1. The quantitative estimate of drug-likeness (QED) is 0.822. The fraction of sp³-hybridized carbons (Fsp3) is 0.429. The van der Waals surface area contributed by atoms with Crippen LogP contribution in [0.15, 0.2) is 18.2 Å². The molecule has 1 amide bonds. The lowest BCUT2D eigenvalue weighted by molar-refractivity contribution is -0.142. The van der Waals surface area contributed by atoms with Crippen LogP contribution in [0.2, 0.25) is 5.02 Å². The van der Waals surface area contributed by atoms with Gasteiger partial charge in [0.1, 0.15) is 5.92 Å². The molecule has 1 aliphatic rings. The number of likely N-dealkylation sites (N-methyl/N-ethyl adjacent to an activating group) is 1. The average molecular weight is 313 g/mol. The molecule has 1 aliphatic heterocycles. The zero-order chi connectivity index (χ0) is 15.6. The van der Waals surface area contributed by atoms with Crippen molar-refractivity contribution in [3.05, 3.63) is 28.8 Å². The van der Waals surface area contributed by atoms with Crippen molar-refractivity contribution in [3.8, 4) is 0 Å². The predicted octanol–water partition coefficient (Wildman–Crippen LogP) is 1.48. The standard InChI is InChI=1S/C14H17ClN2O4/c1-2-17(12-7-21-6-11(12)14(19)20)13(18)8-3-9(15)5-10(16)4-8/h3-5,11-12H,2,6-7,16H2,1H3,(H,19,20). The Balaban J connectivity index is 2.28. The van der Waals surface area contributed by atoms with Crippen LogP contribution < -0.4 is 5.73 Å². The summed E-state index contributed by atoms with van der Waals surface area (Å²) in [6, 6.07) is 4.12. The van der Waals surface area contributed by atoms with E-state index in [0.717, 1.165) is 0 Å². The lowest BCUT2D eigenvalue weighted by Gasteiger charge is -2.29. The maximum atomic E-state index is 12.6. The van der Waals surface area contributed by atoms with Gasteiger partial charge in [0.2, 0.25) is 0 Å². The molecular weight excluding hydrogens is 296 g/mol. The van der Waals surface area contributed by atoms with Crippen LogP contribution in [-0.4, -0.2) is 47.7 Å². The zero-order valence-corrected chi connectivity index (χ0v) is 12.3. The van der Waals surface area contributed by atoms with Gasteiger partial charge in [0, 0.05) is 22.8 Å². The molecule has 0 spiro atoms. The SMILES string of the molecule is CCN(C(=O)c1cc(N)cc(Cl)c1)C1COCC1C(=O)O. The summed E-state index contributed by atoms with van der Waals surface area (Å²) >= 11 is 5.91. The second kappa shape index (κ2) is 6.32. The number of carbonyl (C=O) groups is 2. The predicted molar refractivity (Wildman–Crippen MR) is 78.3 cm³/mol. The molecule has 1 aromatic rings.